The van der Waals surface area contributed by atoms with Gasteiger partial charge < -0.3 is 11.1 Å². The first-order valence-electron chi connectivity index (χ1n) is 6.99. The van der Waals surface area contributed by atoms with Crippen LogP contribution >= 0.6 is 11.8 Å². The number of hydrogen-bond donors (Lipinski definition) is 2. The van der Waals surface area contributed by atoms with Crippen molar-refractivity contribution < 1.29 is 4.79 Å². The topological polar surface area (TPSA) is 80.9 Å². The Balaban J connectivity index is 1.88. The summed E-state index contributed by atoms with van der Waals surface area (Å²) in [6, 6.07) is 1.92. The molecular weight excluding hydrogens is 272 g/mol. The number of hydrogen-bond acceptors (Lipinski definition) is 5. The summed E-state index contributed by atoms with van der Waals surface area (Å²) in [5.74, 6) is 0.357. The summed E-state index contributed by atoms with van der Waals surface area (Å²) in [6.45, 7) is 4.38. The van der Waals surface area contributed by atoms with E-state index in [0.717, 1.165) is 37.1 Å². The highest BCUT2D eigenvalue weighted by Crippen LogP contribution is 2.28. The minimum absolute atomic E-state index is 0.0186. The van der Waals surface area contributed by atoms with Crippen molar-refractivity contribution in [2.45, 2.75) is 50.2 Å². The summed E-state index contributed by atoms with van der Waals surface area (Å²) in [5, 5.41) is 3.76. The Bertz CT molecular complexity index is 466. The van der Waals surface area contributed by atoms with Gasteiger partial charge in [0.15, 0.2) is 5.16 Å². The molecular formula is C14H22N4OS. The molecule has 0 radical (unpaired) electrons. The summed E-state index contributed by atoms with van der Waals surface area (Å²) in [5.41, 5.74) is 7.49. The predicted octanol–water partition coefficient (Wildman–Crippen LogP) is 1.57. The van der Waals surface area contributed by atoms with Crippen LogP contribution in [0, 0.1) is 13.8 Å². The number of carbonyl (C=O) groups excluding carboxylic acids is 1. The zero-order chi connectivity index (χ0) is 14.6. The predicted molar refractivity (Wildman–Crippen MR) is 80.6 cm³/mol. The number of carbonyl (C=O) groups is 1. The van der Waals surface area contributed by atoms with Crippen molar-refractivity contribution in [3.05, 3.63) is 17.5 Å². The number of aryl methyl sites for hydroxylation is 2. The van der Waals surface area contributed by atoms with Crippen LogP contribution in [0.5, 0.6) is 0 Å². The first kappa shape index (κ1) is 15.3. The highest BCUT2D eigenvalue weighted by molar-refractivity contribution is 7.99. The molecule has 0 saturated heterocycles. The number of nitrogens with one attached hydrogen (secondary N) is 1. The number of nitrogens with zero attached hydrogens (tertiary/aromatic N) is 2. The smallest absolute Gasteiger partial charge is 0.230 e. The van der Waals surface area contributed by atoms with Crippen LogP contribution in [-0.4, -0.2) is 33.7 Å². The highest BCUT2D eigenvalue weighted by Gasteiger charge is 2.33. The summed E-state index contributed by atoms with van der Waals surface area (Å²) < 4.78 is 0. The molecule has 110 valence electrons. The second kappa shape index (κ2) is 6.54. The van der Waals surface area contributed by atoms with E-state index in [-0.39, 0.29) is 11.4 Å². The SMILES string of the molecule is Cc1cc(C)nc(SCC(=O)NC2(CN)CCCC2)n1. The van der Waals surface area contributed by atoms with Gasteiger partial charge in [-0.2, -0.15) is 0 Å². The molecule has 0 aromatic carbocycles. The van der Waals surface area contributed by atoms with Crippen molar-refractivity contribution in [3.8, 4) is 0 Å². The molecule has 0 bridgehead atoms. The monoisotopic (exact) mass is 294 g/mol. The van der Waals surface area contributed by atoms with Crippen molar-refractivity contribution >= 4 is 17.7 Å². The van der Waals surface area contributed by atoms with E-state index in [1.807, 2.05) is 19.9 Å². The molecule has 1 saturated carbocycles. The molecule has 1 aliphatic carbocycles. The summed E-state index contributed by atoms with van der Waals surface area (Å²) in [6.07, 6.45) is 4.26. The third kappa shape index (κ3) is 3.93. The molecule has 6 heteroatoms. The molecule has 0 unspecified atom stereocenters. The average Bonchev–Trinajstić information content (AvgIpc) is 2.84. The lowest BCUT2D eigenvalue weighted by Gasteiger charge is -2.28. The van der Waals surface area contributed by atoms with E-state index < -0.39 is 0 Å². The van der Waals surface area contributed by atoms with Crippen molar-refractivity contribution in [2.75, 3.05) is 12.3 Å². The maximum Gasteiger partial charge on any atom is 0.230 e. The van der Waals surface area contributed by atoms with E-state index in [0.29, 0.717) is 17.5 Å². The lowest BCUT2D eigenvalue weighted by atomic mass is 9.98. The van der Waals surface area contributed by atoms with Crippen LogP contribution in [0.25, 0.3) is 0 Å². The first-order valence-corrected chi connectivity index (χ1v) is 7.98. The van der Waals surface area contributed by atoms with E-state index in [9.17, 15) is 4.79 Å². The van der Waals surface area contributed by atoms with E-state index in [1.54, 1.807) is 0 Å². The Morgan fingerprint density at radius 3 is 2.50 bits per heavy atom. The van der Waals surface area contributed by atoms with Crippen molar-refractivity contribution in [3.63, 3.8) is 0 Å². The van der Waals surface area contributed by atoms with Crippen molar-refractivity contribution in [1.29, 1.82) is 0 Å². The Hall–Kier alpha value is -1.14. The Morgan fingerprint density at radius 1 is 1.35 bits per heavy atom. The van der Waals surface area contributed by atoms with Gasteiger partial charge in [-0.25, -0.2) is 9.97 Å². The molecule has 2 rings (SSSR count). The highest BCUT2D eigenvalue weighted by atomic mass is 32.2. The van der Waals surface area contributed by atoms with Gasteiger partial charge in [-0.1, -0.05) is 24.6 Å². The summed E-state index contributed by atoms with van der Waals surface area (Å²) >= 11 is 1.37. The molecule has 1 fully saturated rings. The summed E-state index contributed by atoms with van der Waals surface area (Å²) in [7, 11) is 0. The first-order chi connectivity index (χ1) is 9.53. The van der Waals surface area contributed by atoms with Gasteiger partial charge in [-0.3, -0.25) is 4.79 Å². The largest absolute Gasteiger partial charge is 0.349 e. The second-order valence-corrected chi connectivity index (χ2v) is 6.40. The van der Waals surface area contributed by atoms with Crippen LogP contribution in [0.3, 0.4) is 0 Å². The molecule has 1 aliphatic rings. The Kier molecular flexibility index (Phi) is 4.99. The third-order valence-corrected chi connectivity index (χ3v) is 4.50. The van der Waals surface area contributed by atoms with Gasteiger partial charge in [-0.05, 0) is 32.8 Å². The second-order valence-electron chi connectivity index (χ2n) is 5.46. The van der Waals surface area contributed by atoms with E-state index >= 15 is 0 Å². The average molecular weight is 294 g/mol. The van der Waals surface area contributed by atoms with Crippen LogP contribution in [0.15, 0.2) is 11.2 Å². The molecule has 1 heterocycles. The lowest BCUT2D eigenvalue weighted by molar-refractivity contribution is -0.120. The number of rotatable bonds is 5. The van der Waals surface area contributed by atoms with Gasteiger partial charge in [0, 0.05) is 17.9 Å². The zero-order valence-electron chi connectivity index (χ0n) is 12.1. The maximum atomic E-state index is 12.1. The molecule has 1 aromatic heterocycles. The van der Waals surface area contributed by atoms with Crippen LogP contribution in [-0.2, 0) is 4.79 Å². The Labute approximate surface area is 124 Å². The molecule has 0 spiro atoms. The fourth-order valence-corrected chi connectivity index (χ4v) is 3.40. The van der Waals surface area contributed by atoms with Crippen LogP contribution in [0.2, 0.25) is 0 Å². The zero-order valence-corrected chi connectivity index (χ0v) is 12.9. The molecule has 0 aliphatic heterocycles. The number of amides is 1. The normalized spacial score (nSPS) is 17.1. The fourth-order valence-electron chi connectivity index (χ4n) is 2.65. The number of aromatic nitrogens is 2. The van der Waals surface area contributed by atoms with Gasteiger partial charge in [0.05, 0.1) is 11.3 Å². The minimum Gasteiger partial charge on any atom is -0.349 e. The van der Waals surface area contributed by atoms with E-state index in [4.69, 9.17) is 5.73 Å². The standard InChI is InChI=1S/C14H22N4OS/c1-10-7-11(2)17-13(16-10)20-8-12(19)18-14(9-15)5-3-4-6-14/h7H,3-6,8-9,15H2,1-2H3,(H,18,19). The molecule has 20 heavy (non-hydrogen) atoms. The fraction of sp³-hybridized carbons (Fsp3) is 0.643. The molecule has 0 atom stereocenters. The quantitative estimate of drug-likeness (QED) is 0.636. The lowest BCUT2D eigenvalue weighted by Crippen LogP contribution is -2.52. The van der Waals surface area contributed by atoms with E-state index in [1.165, 1.54) is 11.8 Å². The van der Waals surface area contributed by atoms with E-state index in [2.05, 4.69) is 15.3 Å². The number of nitrogens with two attached hydrogens (primary N) is 1. The third-order valence-electron chi connectivity index (χ3n) is 3.65. The van der Waals surface area contributed by atoms with Gasteiger partial charge in [0.1, 0.15) is 0 Å². The number of thioether (sulfide) groups is 1. The van der Waals surface area contributed by atoms with Crippen LogP contribution in [0.4, 0.5) is 0 Å². The van der Waals surface area contributed by atoms with Crippen LogP contribution in [0.1, 0.15) is 37.1 Å². The molecule has 5 nitrogen and oxygen atoms in total. The Morgan fingerprint density at radius 2 is 1.95 bits per heavy atom. The molecule has 3 N–H and O–H groups in total. The molecule has 1 amide bonds. The van der Waals surface area contributed by atoms with Gasteiger partial charge >= 0.3 is 0 Å². The van der Waals surface area contributed by atoms with Crippen LogP contribution < -0.4 is 11.1 Å². The van der Waals surface area contributed by atoms with Gasteiger partial charge in [-0.15, -0.1) is 0 Å². The van der Waals surface area contributed by atoms with Crippen molar-refractivity contribution in [1.82, 2.24) is 15.3 Å². The van der Waals surface area contributed by atoms with Crippen molar-refractivity contribution in [2.24, 2.45) is 5.73 Å². The maximum absolute atomic E-state index is 12.1. The van der Waals surface area contributed by atoms with Gasteiger partial charge in [0.2, 0.25) is 5.91 Å². The van der Waals surface area contributed by atoms with Gasteiger partial charge in [0.25, 0.3) is 0 Å². The minimum atomic E-state index is -0.180. The molecule has 1 aromatic rings. The summed E-state index contributed by atoms with van der Waals surface area (Å²) in [4.78, 5) is 20.7.